The number of aliphatic hydroxyl groups is 1. The molecule has 3 rings (SSSR count). The lowest BCUT2D eigenvalue weighted by Crippen LogP contribution is -2.33. The first-order chi connectivity index (χ1) is 21.0. The highest BCUT2D eigenvalue weighted by Gasteiger charge is 2.26. The SMILES string of the molecule is COC(=O)c1coc(C(CO)NC(=O)c2coc(C(CCCCNC(=O)OC(C)(C)C)NC(=O)OCc3ccccc3)n2)n1. The van der Waals surface area contributed by atoms with Crippen LogP contribution in [0.3, 0.4) is 0 Å². The van der Waals surface area contributed by atoms with E-state index in [1.165, 1.54) is 7.11 Å². The monoisotopic (exact) mass is 615 g/mol. The van der Waals surface area contributed by atoms with Crippen molar-refractivity contribution in [3.8, 4) is 0 Å². The van der Waals surface area contributed by atoms with E-state index in [-0.39, 0.29) is 29.8 Å². The molecule has 0 aliphatic carbocycles. The third-order valence-corrected chi connectivity index (χ3v) is 5.85. The third kappa shape index (κ3) is 10.7. The molecule has 0 aliphatic heterocycles. The smallest absolute Gasteiger partial charge is 0.408 e. The Morgan fingerprint density at radius 3 is 2.23 bits per heavy atom. The number of hydrogen-bond donors (Lipinski definition) is 4. The van der Waals surface area contributed by atoms with Gasteiger partial charge in [-0.25, -0.2) is 24.4 Å². The van der Waals surface area contributed by atoms with E-state index in [0.29, 0.717) is 25.8 Å². The predicted octanol–water partition coefficient (Wildman–Crippen LogP) is 3.58. The minimum absolute atomic E-state index is 0.0385. The highest BCUT2D eigenvalue weighted by Crippen LogP contribution is 2.21. The van der Waals surface area contributed by atoms with Crippen molar-refractivity contribution >= 4 is 24.1 Å². The van der Waals surface area contributed by atoms with Crippen molar-refractivity contribution in [2.75, 3.05) is 20.3 Å². The number of nitrogens with one attached hydrogen (secondary N) is 3. The molecule has 2 aromatic heterocycles. The molecule has 0 fully saturated rings. The van der Waals surface area contributed by atoms with Crippen LogP contribution >= 0.6 is 0 Å². The van der Waals surface area contributed by atoms with E-state index in [4.69, 9.17) is 18.3 Å². The molecule has 0 saturated heterocycles. The molecule has 15 heteroatoms. The summed E-state index contributed by atoms with van der Waals surface area (Å²) in [4.78, 5) is 57.2. The zero-order chi connectivity index (χ0) is 32.1. The fraction of sp³-hybridized carbons (Fsp3) is 0.448. The van der Waals surface area contributed by atoms with Gasteiger partial charge in [0.05, 0.1) is 13.7 Å². The zero-order valence-corrected chi connectivity index (χ0v) is 25.0. The van der Waals surface area contributed by atoms with Gasteiger partial charge in [-0.2, -0.15) is 0 Å². The molecular weight excluding hydrogens is 578 g/mol. The summed E-state index contributed by atoms with van der Waals surface area (Å²) < 4.78 is 25.9. The number of carbonyl (C=O) groups is 4. The van der Waals surface area contributed by atoms with Crippen molar-refractivity contribution < 1.29 is 47.3 Å². The van der Waals surface area contributed by atoms with Crippen molar-refractivity contribution in [1.29, 1.82) is 0 Å². The number of nitrogens with zero attached hydrogens (tertiary/aromatic N) is 2. The minimum Gasteiger partial charge on any atom is -0.464 e. The van der Waals surface area contributed by atoms with Crippen LogP contribution in [0.5, 0.6) is 0 Å². The fourth-order valence-electron chi connectivity index (χ4n) is 3.76. The fourth-order valence-corrected chi connectivity index (χ4v) is 3.76. The van der Waals surface area contributed by atoms with Crippen LogP contribution in [-0.2, 0) is 20.8 Å². The quantitative estimate of drug-likeness (QED) is 0.117. The maximum absolute atomic E-state index is 12.9. The van der Waals surface area contributed by atoms with Crippen LogP contribution in [0.2, 0.25) is 0 Å². The normalized spacial score (nSPS) is 12.5. The van der Waals surface area contributed by atoms with E-state index < -0.39 is 48.4 Å². The first-order valence-electron chi connectivity index (χ1n) is 13.8. The summed E-state index contributed by atoms with van der Waals surface area (Å²) in [6.07, 6.45) is 2.30. The van der Waals surface area contributed by atoms with Gasteiger partial charge in [0, 0.05) is 6.54 Å². The Morgan fingerprint density at radius 1 is 0.909 bits per heavy atom. The first kappa shape index (κ1) is 33.6. The molecule has 0 bridgehead atoms. The Morgan fingerprint density at radius 2 is 1.57 bits per heavy atom. The van der Waals surface area contributed by atoms with Gasteiger partial charge in [0.15, 0.2) is 11.4 Å². The summed E-state index contributed by atoms with van der Waals surface area (Å²) in [5.41, 5.74) is -0.0977. The molecule has 2 heterocycles. The molecule has 15 nitrogen and oxygen atoms in total. The Hall–Kier alpha value is -4.92. The van der Waals surface area contributed by atoms with Crippen molar-refractivity contribution in [2.24, 2.45) is 0 Å². The molecule has 3 amide bonds. The maximum Gasteiger partial charge on any atom is 0.408 e. The van der Waals surface area contributed by atoms with E-state index in [0.717, 1.165) is 18.1 Å². The molecule has 0 saturated carbocycles. The minimum atomic E-state index is -1.10. The maximum atomic E-state index is 12.9. The van der Waals surface area contributed by atoms with Crippen LogP contribution in [0.4, 0.5) is 9.59 Å². The summed E-state index contributed by atoms with van der Waals surface area (Å²) >= 11 is 0. The van der Waals surface area contributed by atoms with Gasteiger partial charge in [-0.05, 0) is 45.6 Å². The average molecular weight is 616 g/mol. The second-order valence-electron chi connectivity index (χ2n) is 10.5. The number of esters is 1. The predicted molar refractivity (Wildman–Crippen MR) is 152 cm³/mol. The number of rotatable bonds is 14. The van der Waals surface area contributed by atoms with Crippen LogP contribution in [0, 0.1) is 0 Å². The topological polar surface area (TPSA) is 204 Å². The Labute approximate surface area is 253 Å². The number of aromatic nitrogens is 2. The van der Waals surface area contributed by atoms with Crippen molar-refractivity contribution in [3.63, 3.8) is 0 Å². The highest BCUT2D eigenvalue weighted by molar-refractivity contribution is 5.92. The second kappa shape index (κ2) is 16.1. The summed E-state index contributed by atoms with van der Waals surface area (Å²) in [5.74, 6) is -1.56. The number of unbranched alkanes of at least 4 members (excludes halogenated alkanes) is 1. The molecule has 238 valence electrons. The van der Waals surface area contributed by atoms with Gasteiger partial charge < -0.3 is 44.1 Å². The summed E-state index contributed by atoms with van der Waals surface area (Å²) in [6.45, 7) is 5.09. The number of oxazole rings is 2. The Balaban J connectivity index is 1.63. The van der Waals surface area contributed by atoms with Crippen molar-refractivity contribution in [3.05, 3.63) is 71.6 Å². The lowest BCUT2D eigenvalue weighted by atomic mass is 10.1. The molecule has 44 heavy (non-hydrogen) atoms. The average Bonchev–Trinajstić information content (AvgIpc) is 3.68. The zero-order valence-electron chi connectivity index (χ0n) is 25.0. The molecular formula is C29H37N5O10. The molecule has 1 aromatic carbocycles. The molecule has 0 aliphatic rings. The molecule has 2 unspecified atom stereocenters. The van der Waals surface area contributed by atoms with Gasteiger partial charge >= 0.3 is 18.2 Å². The van der Waals surface area contributed by atoms with Gasteiger partial charge in [-0.15, -0.1) is 0 Å². The number of alkyl carbamates (subject to hydrolysis) is 2. The van der Waals surface area contributed by atoms with Crippen LogP contribution in [0.25, 0.3) is 0 Å². The number of aliphatic hydroxyl groups excluding tert-OH is 1. The first-order valence-corrected chi connectivity index (χ1v) is 13.8. The summed E-state index contributed by atoms with van der Waals surface area (Å²) in [6, 6.07) is 7.26. The summed E-state index contributed by atoms with van der Waals surface area (Å²) in [5, 5.41) is 17.7. The van der Waals surface area contributed by atoms with E-state index in [1.807, 2.05) is 30.3 Å². The molecule has 4 N–H and O–H groups in total. The van der Waals surface area contributed by atoms with E-state index >= 15 is 0 Å². The van der Waals surface area contributed by atoms with Crippen molar-refractivity contribution in [1.82, 2.24) is 25.9 Å². The van der Waals surface area contributed by atoms with E-state index in [2.05, 4.69) is 30.7 Å². The van der Waals surface area contributed by atoms with Crippen LogP contribution in [0.1, 0.15) is 90.4 Å². The van der Waals surface area contributed by atoms with Crippen LogP contribution in [-0.4, -0.2) is 65.0 Å². The molecule has 0 radical (unpaired) electrons. The second-order valence-corrected chi connectivity index (χ2v) is 10.5. The van der Waals surface area contributed by atoms with Gasteiger partial charge in [0.25, 0.3) is 5.91 Å². The van der Waals surface area contributed by atoms with Gasteiger partial charge in [0.1, 0.15) is 36.8 Å². The third-order valence-electron chi connectivity index (χ3n) is 5.85. The number of methoxy groups -OCH3 is 1. The number of ether oxygens (including phenoxy) is 3. The molecule has 2 atom stereocenters. The molecule has 0 spiro atoms. The Bertz CT molecular complexity index is 1380. The number of carbonyl (C=O) groups excluding carboxylic acids is 4. The van der Waals surface area contributed by atoms with Crippen LogP contribution < -0.4 is 16.0 Å². The van der Waals surface area contributed by atoms with E-state index in [9.17, 15) is 24.3 Å². The van der Waals surface area contributed by atoms with Crippen molar-refractivity contribution in [2.45, 2.75) is 64.3 Å². The lowest BCUT2D eigenvalue weighted by Gasteiger charge is -2.19. The number of benzene rings is 1. The summed E-state index contributed by atoms with van der Waals surface area (Å²) in [7, 11) is 1.18. The van der Waals surface area contributed by atoms with Gasteiger partial charge in [-0.1, -0.05) is 30.3 Å². The van der Waals surface area contributed by atoms with Gasteiger partial charge in [0.2, 0.25) is 11.8 Å². The molecule has 3 aromatic rings. The Kier molecular flexibility index (Phi) is 12.3. The standard InChI is InChI=1S/C29H37N5O10/c1-29(2,3)44-27(38)30-13-9-8-12-19(34-28(39)43-15-18-10-6-5-7-11-18)24-32-21(16-41-24)23(36)31-20(14-35)25-33-22(17-42-25)26(37)40-4/h5-7,10-11,16-17,19-20,35H,8-9,12-15H2,1-4H3,(H,30,38)(H,31,36)(H,34,39). The number of hydrogen-bond acceptors (Lipinski definition) is 12. The van der Waals surface area contributed by atoms with Gasteiger partial charge in [-0.3, -0.25) is 4.79 Å². The lowest BCUT2D eigenvalue weighted by molar-refractivity contribution is 0.0525. The van der Waals surface area contributed by atoms with Crippen LogP contribution in [0.15, 0.2) is 51.7 Å². The largest absolute Gasteiger partial charge is 0.464 e. The number of amides is 3. The van der Waals surface area contributed by atoms with E-state index in [1.54, 1.807) is 20.8 Å². The highest BCUT2D eigenvalue weighted by atomic mass is 16.6.